The standard InChI is InChI=1S/C13H26N2/c1-11-4-5-12(10-11)15-9-8-13(14)6-2-3-7-13/h11-12,15H,2-10,14H2,1H3. The Balaban J connectivity index is 1.62. The van der Waals surface area contributed by atoms with Gasteiger partial charge in [-0.1, -0.05) is 19.8 Å². The van der Waals surface area contributed by atoms with E-state index in [2.05, 4.69) is 12.2 Å². The Morgan fingerprint density at radius 1 is 1.27 bits per heavy atom. The lowest BCUT2D eigenvalue weighted by molar-refractivity contribution is 0.376. The number of nitrogens with one attached hydrogen (secondary N) is 1. The molecule has 0 saturated heterocycles. The van der Waals surface area contributed by atoms with Gasteiger partial charge >= 0.3 is 0 Å². The quantitative estimate of drug-likeness (QED) is 0.748. The van der Waals surface area contributed by atoms with Gasteiger partial charge in [-0.15, -0.1) is 0 Å². The van der Waals surface area contributed by atoms with Gasteiger partial charge in [-0.2, -0.15) is 0 Å². The molecule has 2 atom stereocenters. The third kappa shape index (κ3) is 3.18. The molecule has 2 fully saturated rings. The van der Waals surface area contributed by atoms with Crippen molar-refractivity contribution in [3.63, 3.8) is 0 Å². The van der Waals surface area contributed by atoms with Crippen molar-refractivity contribution >= 4 is 0 Å². The van der Waals surface area contributed by atoms with Crippen molar-refractivity contribution in [2.45, 2.75) is 69.9 Å². The summed E-state index contributed by atoms with van der Waals surface area (Å²) in [5, 5.41) is 3.68. The highest BCUT2D eigenvalue weighted by atomic mass is 14.9. The van der Waals surface area contributed by atoms with Gasteiger partial charge in [0, 0.05) is 11.6 Å². The lowest BCUT2D eigenvalue weighted by Crippen LogP contribution is -2.41. The Bertz CT molecular complexity index is 197. The summed E-state index contributed by atoms with van der Waals surface area (Å²) in [7, 11) is 0. The van der Waals surface area contributed by atoms with Crippen LogP contribution >= 0.6 is 0 Å². The third-order valence-corrected chi connectivity index (χ3v) is 4.35. The molecule has 0 spiro atoms. The van der Waals surface area contributed by atoms with Crippen LogP contribution < -0.4 is 11.1 Å². The number of hydrogen-bond acceptors (Lipinski definition) is 2. The van der Waals surface area contributed by atoms with Crippen molar-refractivity contribution in [2.24, 2.45) is 11.7 Å². The molecule has 0 aromatic heterocycles. The summed E-state index contributed by atoms with van der Waals surface area (Å²) in [5.41, 5.74) is 6.51. The van der Waals surface area contributed by atoms with Gasteiger partial charge in [0.25, 0.3) is 0 Å². The van der Waals surface area contributed by atoms with Crippen LogP contribution in [0.3, 0.4) is 0 Å². The molecule has 0 bridgehead atoms. The van der Waals surface area contributed by atoms with Gasteiger partial charge in [0.1, 0.15) is 0 Å². The zero-order valence-corrected chi connectivity index (χ0v) is 10.1. The summed E-state index contributed by atoms with van der Waals surface area (Å²) < 4.78 is 0. The van der Waals surface area contributed by atoms with Crippen molar-refractivity contribution in [3.05, 3.63) is 0 Å². The third-order valence-electron chi connectivity index (χ3n) is 4.35. The fraction of sp³-hybridized carbons (Fsp3) is 1.00. The molecule has 3 N–H and O–H groups in total. The number of rotatable bonds is 4. The SMILES string of the molecule is CC1CCC(NCCC2(N)CCCC2)C1. The zero-order valence-electron chi connectivity index (χ0n) is 10.1. The van der Waals surface area contributed by atoms with Crippen LogP contribution in [0, 0.1) is 5.92 Å². The minimum Gasteiger partial charge on any atom is -0.325 e. The molecule has 2 aliphatic rings. The van der Waals surface area contributed by atoms with Crippen molar-refractivity contribution in [2.75, 3.05) is 6.54 Å². The molecule has 15 heavy (non-hydrogen) atoms. The summed E-state index contributed by atoms with van der Waals surface area (Å²) in [5.74, 6) is 0.931. The van der Waals surface area contributed by atoms with Crippen LogP contribution in [0.15, 0.2) is 0 Å². The van der Waals surface area contributed by atoms with Crippen molar-refractivity contribution in [3.8, 4) is 0 Å². The second kappa shape index (κ2) is 4.84. The maximum absolute atomic E-state index is 6.33. The average molecular weight is 210 g/mol. The molecular formula is C13H26N2. The maximum atomic E-state index is 6.33. The predicted octanol–water partition coefficient (Wildman–Crippen LogP) is 2.43. The molecular weight excluding hydrogens is 184 g/mol. The Labute approximate surface area is 94.0 Å². The van der Waals surface area contributed by atoms with Gasteiger partial charge in [0.15, 0.2) is 0 Å². The van der Waals surface area contributed by atoms with E-state index in [1.54, 1.807) is 0 Å². The normalized spacial score (nSPS) is 34.8. The van der Waals surface area contributed by atoms with E-state index in [9.17, 15) is 0 Å². The smallest absolute Gasteiger partial charge is 0.0166 e. The second-order valence-corrected chi connectivity index (χ2v) is 5.89. The van der Waals surface area contributed by atoms with E-state index >= 15 is 0 Å². The lowest BCUT2D eigenvalue weighted by Gasteiger charge is -2.24. The van der Waals surface area contributed by atoms with Crippen molar-refractivity contribution < 1.29 is 0 Å². The molecule has 0 amide bonds. The van der Waals surface area contributed by atoms with Gasteiger partial charge in [-0.3, -0.25) is 0 Å². The summed E-state index contributed by atoms with van der Waals surface area (Å²) in [4.78, 5) is 0. The minimum atomic E-state index is 0.178. The second-order valence-electron chi connectivity index (χ2n) is 5.89. The fourth-order valence-electron chi connectivity index (χ4n) is 3.25. The van der Waals surface area contributed by atoms with Gasteiger partial charge < -0.3 is 11.1 Å². The van der Waals surface area contributed by atoms with Crippen LogP contribution in [0.1, 0.15) is 58.3 Å². The molecule has 0 aromatic carbocycles. The van der Waals surface area contributed by atoms with E-state index in [0.29, 0.717) is 0 Å². The lowest BCUT2D eigenvalue weighted by atomic mass is 9.95. The topological polar surface area (TPSA) is 38.0 Å². The molecule has 2 rings (SSSR count). The largest absolute Gasteiger partial charge is 0.325 e. The molecule has 2 nitrogen and oxygen atoms in total. The Kier molecular flexibility index (Phi) is 3.68. The number of nitrogens with two attached hydrogens (primary N) is 1. The fourth-order valence-corrected chi connectivity index (χ4v) is 3.25. The van der Waals surface area contributed by atoms with Gasteiger partial charge in [0.2, 0.25) is 0 Å². The van der Waals surface area contributed by atoms with Gasteiger partial charge in [-0.05, 0) is 51.0 Å². The monoisotopic (exact) mass is 210 g/mol. The van der Waals surface area contributed by atoms with Crippen LogP contribution in [0.25, 0.3) is 0 Å². The number of hydrogen-bond donors (Lipinski definition) is 2. The van der Waals surface area contributed by atoms with Crippen molar-refractivity contribution in [1.29, 1.82) is 0 Å². The summed E-state index contributed by atoms with van der Waals surface area (Å²) >= 11 is 0. The highest BCUT2D eigenvalue weighted by molar-refractivity contribution is 4.90. The molecule has 0 aliphatic heterocycles. The molecule has 0 radical (unpaired) electrons. The molecule has 2 heteroatoms. The highest BCUT2D eigenvalue weighted by Crippen LogP contribution is 2.30. The first-order valence-electron chi connectivity index (χ1n) is 6.70. The average Bonchev–Trinajstić information content (AvgIpc) is 2.76. The van der Waals surface area contributed by atoms with Crippen molar-refractivity contribution in [1.82, 2.24) is 5.32 Å². The molecule has 88 valence electrons. The first-order valence-corrected chi connectivity index (χ1v) is 6.70. The Morgan fingerprint density at radius 3 is 2.60 bits per heavy atom. The van der Waals surface area contributed by atoms with Gasteiger partial charge in [-0.25, -0.2) is 0 Å². The predicted molar refractivity (Wildman–Crippen MR) is 64.8 cm³/mol. The minimum absolute atomic E-state index is 0.178. The molecule has 2 unspecified atom stereocenters. The van der Waals surface area contributed by atoms with E-state index < -0.39 is 0 Å². The summed E-state index contributed by atoms with van der Waals surface area (Å²) in [6.07, 6.45) is 10.5. The first kappa shape index (κ1) is 11.4. The summed E-state index contributed by atoms with van der Waals surface area (Å²) in [6.45, 7) is 3.50. The zero-order chi connectivity index (χ0) is 10.7. The van der Waals surface area contributed by atoms with Crippen LogP contribution in [0.5, 0.6) is 0 Å². The molecule has 0 heterocycles. The molecule has 2 aliphatic carbocycles. The van der Waals surface area contributed by atoms with E-state index in [4.69, 9.17) is 5.73 Å². The Morgan fingerprint density at radius 2 is 2.00 bits per heavy atom. The van der Waals surface area contributed by atoms with Gasteiger partial charge in [0.05, 0.1) is 0 Å². The van der Waals surface area contributed by atoms with Crippen LogP contribution in [-0.4, -0.2) is 18.1 Å². The maximum Gasteiger partial charge on any atom is 0.0166 e. The van der Waals surface area contributed by atoms with E-state index in [-0.39, 0.29) is 5.54 Å². The van der Waals surface area contributed by atoms with Crippen LogP contribution in [-0.2, 0) is 0 Å². The van der Waals surface area contributed by atoms with Crippen LogP contribution in [0.4, 0.5) is 0 Å². The van der Waals surface area contributed by atoms with E-state index in [0.717, 1.165) is 18.5 Å². The molecule has 0 aromatic rings. The van der Waals surface area contributed by atoms with E-state index in [1.807, 2.05) is 0 Å². The summed E-state index contributed by atoms with van der Waals surface area (Å²) in [6, 6.07) is 0.782. The highest BCUT2D eigenvalue weighted by Gasteiger charge is 2.29. The first-order chi connectivity index (χ1) is 7.18. The van der Waals surface area contributed by atoms with Crippen LogP contribution in [0.2, 0.25) is 0 Å². The van der Waals surface area contributed by atoms with E-state index in [1.165, 1.54) is 51.4 Å². The molecule has 2 saturated carbocycles. The Hall–Kier alpha value is -0.0800.